The Labute approximate surface area is 151 Å². The Hall–Kier alpha value is -3.56. The second-order valence-corrected chi connectivity index (χ2v) is 5.24. The van der Waals surface area contributed by atoms with E-state index in [4.69, 9.17) is 4.74 Å². The molecule has 2 aromatic carbocycles. The predicted molar refractivity (Wildman–Crippen MR) is 89.0 cm³/mol. The molecule has 1 amide bonds. The van der Waals surface area contributed by atoms with Gasteiger partial charge in [-0.15, -0.1) is 18.3 Å². The number of alkyl halides is 3. The number of methoxy groups -OCH3 is 1. The van der Waals surface area contributed by atoms with Crippen LogP contribution in [0.15, 0.2) is 54.7 Å². The average Bonchev–Trinajstić information content (AvgIpc) is 3.12. The van der Waals surface area contributed by atoms with E-state index in [9.17, 15) is 18.0 Å². The maximum Gasteiger partial charge on any atom is 0.573 e. The second kappa shape index (κ2) is 7.36. The fourth-order valence-electron chi connectivity index (χ4n) is 2.20. The minimum absolute atomic E-state index is 0.0763. The number of para-hydroxylation sites is 2. The lowest BCUT2D eigenvalue weighted by Crippen LogP contribution is -2.19. The van der Waals surface area contributed by atoms with E-state index in [0.717, 1.165) is 6.07 Å². The molecule has 1 aromatic heterocycles. The largest absolute Gasteiger partial charge is 0.573 e. The van der Waals surface area contributed by atoms with Crippen LogP contribution in [-0.2, 0) is 0 Å². The fraction of sp³-hybridized carbons (Fsp3) is 0.118. The zero-order chi connectivity index (χ0) is 19.4. The molecule has 0 fully saturated rings. The van der Waals surface area contributed by atoms with E-state index in [-0.39, 0.29) is 11.4 Å². The van der Waals surface area contributed by atoms with Gasteiger partial charge in [-0.3, -0.25) is 4.79 Å². The molecule has 0 bridgehead atoms. The number of benzene rings is 2. The quantitative estimate of drug-likeness (QED) is 0.736. The van der Waals surface area contributed by atoms with Gasteiger partial charge < -0.3 is 14.8 Å². The Balaban J connectivity index is 1.77. The van der Waals surface area contributed by atoms with Crippen LogP contribution in [0.2, 0.25) is 0 Å². The van der Waals surface area contributed by atoms with Crippen LogP contribution in [0.4, 0.5) is 18.9 Å². The third kappa shape index (κ3) is 4.54. The Morgan fingerprint density at radius 2 is 1.81 bits per heavy atom. The van der Waals surface area contributed by atoms with Gasteiger partial charge in [-0.1, -0.05) is 17.3 Å². The highest BCUT2D eigenvalue weighted by molar-refractivity contribution is 6.03. The highest BCUT2D eigenvalue weighted by Crippen LogP contribution is 2.30. The summed E-state index contributed by atoms with van der Waals surface area (Å²) in [4.78, 5) is 12.3. The van der Waals surface area contributed by atoms with Crippen molar-refractivity contribution >= 4 is 11.6 Å². The highest BCUT2D eigenvalue weighted by Gasteiger charge is 2.32. The van der Waals surface area contributed by atoms with E-state index in [1.807, 2.05) is 0 Å². The van der Waals surface area contributed by atoms with Crippen molar-refractivity contribution in [3.63, 3.8) is 0 Å². The van der Waals surface area contributed by atoms with Crippen LogP contribution in [0.25, 0.3) is 5.69 Å². The Bertz CT molecular complexity index is 939. The van der Waals surface area contributed by atoms with E-state index < -0.39 is 18.0 Å². The van der Waals surface area contributed by atoms with Crippen molar-refractivity contribution in [2.75, 3.05) is 12.4 Å². The summed E-state index contributed by atoms with van der Waals surface area (Å²) < 4.78 is 47.7. The normalized spacial score (nSPS) is 11.1. The number of nitrogens with one attached hydrogen (secondary N) is 1. The number of amides is 1. The molecule has 0 unspecified atom stereocenters. The first-order valence-corrected chi connectivity index (χ1v) is 7.58. The average molecular weight is 378 g/mol. The van der Waals surface area contributed by atoms with Crippen LogP contribution in [0.1, 0.15) is 10.5 Å². The van der Waals surface area contributed by atoms with Crippen LogP contribution in [0.5, 0.6) is 11.5 Å². The molecule has 7 nitrogen and oxygen atoms in total. The van der Waals surface area contributed by atoms with Crippen molar-refractivity contribution in [2.45, 2.75) is 6.36 Å². The van der Waals surface area contributed by atoms with Crippen LogP contribution in [0, 0.1) is 0 Å². The van der Waals surface area contributed by atoms with Crippen molar-refractivity contribution in [2.24, 2.45) is 0 Å². The molecule has 3 aromatic rings. The topological polar surface area (TPSA) is 78.3 Å². The minimum atomic E-state index is -4.88. The van der Waals surface area contributed by atoms with E-state index in [0.29, 0.717) is 11.4 Å². The van der Waals surface area contributed by atoms with Crippen LogP contribution in [-0.4, -0.2) is 34.4 Å². The number of anilines is 1. The van der Waals surface area contributed by atoms with Crippen molar-refractivity contribution in [1.29, 1.82) is 0 Å². The number of ether oxygens (including phenoxy) is 2. The maximum absolute atomic E-state index is 12.5. The Kier molecular flexibility index (Phi) is 4.97. The van der Waals surface area contributed by atoms with Crippen molar-refractivity contribution in [3.8, 4) is 17.2 Å². The molecule has 0 aliphatic heterocycles. The lowest BCUT2D eigenvalue weighted by molar-refractivity contribution is -0.274. The van der Waals surface area contributed by atoms with Gasteiger partial charge in [0.25, 0.3) is 5.91 Å². The number of carbonyl (C=O) groups excluding carboxylic acids is 1. The summed E-state index contributed by atoms with van der Waals surface area (Å²) in [6.07, 6.45) is -3.53. The minimum Gasteiger partial charge on any atom is -0.497 e. The molecular weight excluding hydrogens is 365 g/mol. The van der Waals surface area contributed by atoms with Crippen molar-refractivity contribution in [1.82, 2.24) is 15.0 Å². The monoisotopic (exact) mass is 378 g/mol. The summed E-state index contributed by atoms with van der Waals surface area (Å²) in [5.41, 5.74) is 0.412. The van der Waals surface area contributed by atoms with E-state index in [1.54, 1.807) is 24.3 Å². The first kappa shape index (κ1) is 18.2. The number of halogens is 3. The first-order valence-electron chi connectivity index (χ1n) is 7.58. The zero-order valence-electron chi connectivity index (χ0n) is 13.9. The van der Waals surface area contributed by atoms with Gasteiger partial charge in [-0.2, -0.15) is 0 Å². The fourth-order valence-corrected chi connectivity index (χ4v) is 2.20. The molecule has 10 heteroatoms. The van der Waals surface area contributed by atoms with Crippen LogP contribution >= 0.6 is 0 Å². The maximum atomic E-state index is 12.5. The molecule has 0 aliphatic rings. The molecule has 0 spiro atoms. The summed E-state index contributed by atoms with van der Waals surface area (Å²) in [7, 11) is 1.53. The molecule has 0 radical (unpaired) electrons. The van der Waals surface area contributed by atoms with Crippen molar-refractivity contribution < 1.29 is 27.4 Å². The number of hydrogen-bond donors (Lipinski definition) is 1. The molecule has 3 rings (SSSR count). The van der Waals surface area contributed by atoms with E-state index >= 15 is 0 Å². The third-order valence-electron chi connectivity index (χ3n) is 3.42. The standard InChI is InChI=1S/C17H13F3N4O3/c1-26-12-8-6-11(7-9-12)24-10-14(22-23-24)16(25)21-13-4-2-3-5-15(13)27-17(18,19)20/h2-10H,1H3,(H,21,25). The van der Waals surface area contributed by atoms with E-state index in [2.05, 4.69) is 20.4 Å². The van der Waals surface area contributed by atoms with Gasteiger partial charge >= 0.3 is 6.36 Å². The number of aromatic nitrogens is 3. The summed E-state index contributed by atoms with van der Waals surface area (Å²) in [5, 5.41) is 9.92. The van der Waals surface area contributed by atoms with Crippen LogP contribution in [0.3, 0.4) is 0 Å². The molecule has 1 heterocycles. The SMILES string of the molecule is COc1ccc(-n2cc(C(=O)Nc3ccccc3OC(F)(F)F)nn2)cc1. The van der Waals surface area contributed by atoms with Gasteiger partial charge in [0, 0.05) is 0 Å². The predicted octanol–water partition coefficient (Wildman–Crippen LogP) is 3.43. The molecule has 1 N–H and O–H groups in total. The lowest BCUT2D eigenvalue weighted by Gasteiger charge is -2.13. The molecular formula is C17H13F3N4O3. The number of hydrogen-bond acceptors (Lipinski definition) is 5. The smallest absolute Gasteiger partial charge is 0.497 e. The molecule has 0 saturated heterocycles. The van der Waals surface area contributed by atoms with Gasteiger partial charge in [-0.05, 0) is 36.4 Å². The van der Waals surface area contributed by atoms with Gasteiger partial charge in [0.2, 0.25) is 0 Å². The summed E-state index contributed by atoms with van der Waals surface area (Å²) in [6.45, 7) is 0. The summed E-state index contributed by atoms with van der Waals surface area (Å²) in [5.74, 6) is -0.605. The van der Waals surface area contributed by atoms with E-state index in [1.165, 1.54) is 36.2 Å². The Morgan fingerprint density at radius 1 is 1.11 bits per heavy atom. The summed E-state index contributed by atoms with van der Waals surface area (Å²) >= 11 is 0. The highest BCUT2D eigenvalue weighted by atomic mass is 19.4. The number of carbonyl (C=O) groups is 1. The van der Waals surface area contributed by atoms with Gasteiger partial charge in [0.05, 0.1) is 24.7 Å². The second-order valence-electron chi connectivity index (χ2n) is 5.24. The van der Waals surface area contributed by atoms with Crippen LogP contribution < -0.4 is 14.8 Å². The molecule has 140 valence electrons. The summed E-state index contributed by atoms with van der Waals surface area (Å²) in [6, 6.07) is 12.0. The molecule has 0 aliphatic carbocycles. The van der Waals surface area contributed by atoms with Gasteiger partial charge in [0.15, 0.2) is 11.4 Å². The molecule has 0 atom stereocenters. The van der Waals surface area contributed by atoms with Gasteiger partial charge in [-0.25, -0.2) is 4.68 Å². The van der Waals surface area contributed by atoms with Gasteiger partial charge in [0.1, 0.15) is 5.75 Å². The first-order chi connectivity index (χ1) is 12.9. The zero-order valence-corrected chi connectivity index (χ0v) is 13.9. The lowest BCUT2D eigenvalue weighted by atomic mass is 10.3. The number of rotatable bonds is 5. The number of nitrogens with zero attached hydrogens (tertiary/aromatic N) is 3. The third-order valence-corrected chi connectivity index (χ3v) is 3.42. The molecule has 0 saturated carbocycles. The Morgan fingerprint density at radius 3 is 2.48 bits per heavy atom. The van der Waals surface area contributed by atoms with Crippen molar-refractivity contribution in [3.05, 3.63) is 60.4 Å². The molecule has 27 heavy (non-hydrogen) atoms.